The summed E-state index contributed by atoms with van der Waals surface area (Å²) in [4.78, 5) is 2.25. The molecule has 1 radical (unpaired) electrons. The molecule has 0 saturated heterocycles. The van der Waals surface area contributed by atoms with Crippen molar-refractivity contribution < 1.29 is 0 Å². The Morgan fingerprint density at radius 3 is 2.22 bits per heavy atom. The first kappa shape index (κ1) is 8.52. The van der Waals surface area contributed by atoms with Crippen LogP contribution in [-0.4, -0.2) is 24.5 Å². The second kappa shape index (κ2) is 5.65. The number of hydrogen-bond acceptors (Lipinski definition) is 1. The lowest BCUT2D eigenvalue weighted by Gasteiger charge is -2.12. The van der Waals surface area contributed by atoms with Crippen LogP contribution in [0.5, 0.6) is 0 Å². The minimum absolute atomic E-state index is 0.858. The predicted octanol–water partition coefficient (Wildman–Crippen LogP) is 1.17. The lowest BCUT2D eigenvalue weighted by Crippen LogP contribution is -2.22. The van der Waals surface area contributed by atoms with Crippen LogP contribution in [0.15, 0.2) is 0 Å². The van der Waals surface area contributed by atoms with Crippen LogP contribution in [0.4, 0.5) is 0 Å². The predicted molar refractivity (Wildman–Crippen MR) is 40.9 cm³/mol. The molecular weight excluding hydrogens is 110 g/mol. The van der Waals surface area contributed by atoms with E-state index in [1.807, 2.05) is 0 Å². The van der Waals surface area contributed by atoms with E-state index in [0.717, 1.165) is 19.6 Å². The molecule has 0 aromatic rings. The molecule has 1 nitrogen and oxygen atoms in total. The van der Waals surface area contributed by atoms with Crippen molar-refractivity contribution in [2.24, 2.45) is 0 Å². The Morgan fingerprint density at radius 1 is 1.33 bits per heavy atom. The zero-order valence-electron chi connectivity index (χ0n) is 6.28. The number of rotatable bonds is 3. The van der Waals surface area contributed by atoms with E-state index in [1.54, 1.807) is 0 Å². The number of nitrogens with zero attached hydrogens (tertiary/aromatic N) is 1. The molecule has 1 heteroatoms. The van der Waals surface area contributed by atoms with Crippen molar-refractivity contribution in [3.63, 3.8) is 0 Å². The van der Waals surface area contributed by atoms with E-state index in [-0.39, 0.29) is 0 Å². The quantitative estimate of drug-likeness (QED) is 0.510. The largest absolute Gasteiger partial charge is 0.293 e. The first-order valence-corrected chi connectivity index (χ1v) is 3.32. The van der Waals surface area contributed by atoms with Gasteiger partial charge in [-0.1, -0.05) is 19.8 Å². The highest BCUT2D eigenvalue weighted by Crippen LogP contribution is 1.82. The highest BCUT2D eigenvalue weighted by molar-refractivity contribution is 5.03. The summed E-state index contributed by atoms with van der Waals surface area (Å²) in [7, 11) is 0. The lowest BCUT2D eigenvalue weighted by atomic mass is 10.5. The van der Waals surface area contributed by atoms with E-state index in [0.29, 0.717) is 0 Å². The molecule has 0 heterocycles. The van der Waals surface area contributed by atoms with Crippen molar-refractivity contribution in [3.05, 3.63) is 6.92 Å². The van der Waals surface area contributed by atoms with Crippen LogP contribution in [0.2, 0.25) is 0 Å². The van der Waals surface area contributed by atoms with Gasteiger partial charge in [0.05, 0.1) is 6.54 Å². The zero-order chi connectivity index (χ0) is 7.11. The van der Waals surface area contributed by atoms with E-state index in [1.165, 1.54) is 0 Å². The summed E-state index contributed by atoms with van der Waals surface area (Å²) < 4.78 is 0. The van der Waals surface area contributed by atoms with Gasteiger partial charge in [0.1, 0.15) is 0 Å². The minimum Gasteiger partial charge on any atom is -0.293 e. The normalized spacial score (nSPS) is 8.89. The molecule has 0 aliphatic heterocycles. The van der Waals surface area contributed by atoms with Crippen molar-refractivity contribution in [1.82, 2.24) is 4.90 Å². The third-order valence-electron chi connectivity index (χ3n) is 1.32. The van der Waals surface area contributed by atoms with Gasteiger partial charge in [-0.25, -0.2) is 0 Å². The molecule has 0 rings (SSSR count). The van der Waals surface area contributed by atoms with Crippen molar-refractivity contribution >= 4 is 0 Å². The van der Waals surface area contributed by atoms with E-state index in [2.05, 4.69) is 37.5 Å². The first-order valence-electron chi connectivity index (χ1n) is 3.32. The smallest absolute Gasteiger partial charge is 0.0601 e. The van der Waals surface area contributed by atoms with Crippen molar-refractivity contribution in [2.75, 3.05) is 19.6 Å². The van der Waals surface area contributed by atoms with Gasteiger partial charge in [0.15, 0.2) is 0 Å². The van der Waals surface area contributed by atoms with Crippen molar-refractivity contribution in [2.45, 2.75) is 13.8 Å². The van der Waals surface area contributed by atoms with Crippen LogP contribution in [0.1, 0.15) is 13.8 Å². The Balaban J connectivity index is 3.39. The van der Waals surface area contributed by atoms with Crippen LogP contribution in [0.3, 0.4) is 0 Å². The van der Waals surface area contributed by atoms with Crippen LogP contribution in [0, 0.1) is 18.8 Å². The summed E-state index contributed by atoms with van der Waals surface area (Å²) in [6.07, 6.45) is 0. The Kier molecular flexibility index (Phi) is 5.35. The highest BCUT2D eigenvalue weighted by Gasteiger charge is 1.91. The van der Waals surface area contributed by atoms with E-state index in [9.17, 15) is 0 Å². The van der Waals surface area contributed by atoms with E-state index < -0.39 is 0 Å². The molecule has 0 aliphatic rings. The molecule has 0 aliphatic carbocycles. The van der Waals surface area contributed by atoms with Crippen LogP contribution in [-0.2, 0) is 0 Å². The van der Waals surface area contributed by atoms with Gasteiger partial charge >= 0.3 is 0 Å². The summed E-state index contributed by atoms with van der Waals surface area (Å²) in [6, 6.07) is 0. The highest BCUT2D eigenvalue weighted by atomic mass is 15.1. The third kappa shape index (κ3) is 4.05. The van der Waals surface area contributed by atoms with Crippen molar-refractivity contribution in [3.8, 4) is 11.8 Å². The van der Waals surface area contributed by atoms with Gasteiger partial charge in [-0.3, -0.25) is 4.90 Å². The number of hydrogen-bond donors (Lipinski definition) is 0. The Bertz CT molecular complexity index is 103. The minimum atomic E-state index is 0.858. The molecule has 0 aromatic carbocycles. The average molecular weight is 124 g/mol. The Morgan fingerprint density at radius 2 is 1.89 bits per heavy atom. The molecule has 0 saturated carbocycles. The Labute approximate surface area is 58.1 Å². The van der Waals surface area contributed by atoms with Gasteiger partial charge in [0.2, 0.25) is 0 Å². The van der Waals surface area contributed by atoms with Gasteiger partial charge in [-0.05, 0) is 13.1 Å². The maximum absolute atomic E-state index is 3.44. The van der Waals surface area contributed by atoms with Gasteiger partial charge in [0, 0.05) is 6.92 Å². The molecular formula is C8H14N. The third-order valence-corrected chi connectivity index (χ3v) is 1.32. The summed E-state index contributed by atoms with van der Waals surface area (Å²) in [5.41, 5.74) is 0. The fraction of sp³-hybridized carbons (Fsp3) is 0.625. The molecule has 9 heavy (non-hydrogen) atoms. The second-order valence-corrected chi connectivity index (χ2v) is 1.81. The van der Waals surface area contributed by atoms with Crippen LogP contribution < -0.4 is 0 Å². The average Bonchev–Trinajstić information content (AvgIpc) is 1.91. The molecule has 0 N–H and O–H groups in total. The molecule has 0 spiro atoms. The first-order chi connectivity index (χ1) is 4.35. The zero-order valence-corrected chi connectivity index (χ0v) is 6.28. The van der Waals surface area contributed by atoms with Gasteiger partial charge in [-0.15, -0.1) is 5.92 Å². The van der Waals surface area contributed by atoms with Crippen molar-refractivity contribution in [1.29, 1.82) is 0 Å². The van der Waals surface area contributed by atoms with Gasteiger partial charge in [-0.2, -0.15) is 0 Å². The Hall–Kier alpha value is -0.480. The molecule has 0 fully saturated rings. The standard InChI is InChI=1S/C8H14N/c1-4-7-8-9(5-2)6-3/h1,5-6,8H2,2-3H3. The molecule has 51 valence electrons. The SMILES string of the molecule is [CH2]C#CCN(CC)CC. The molecule has 0 bridgehead atoms. The van der Waals surface area contributed by atoms with Gasteiger partial charge in [0.25, 0.3) is 0 Å². The monoisotopic (exact) mass is 124 g/mol. The fourth-order valence-electron chi connectivity index (χ4n) is 0.615. The van der Waals surface area contributed by atoms with Crippen LogP contribution >= 0.6 is 0 Å². The summed E-state index contributed by atoms with van der Waals surface area (Å²) >= 11 is 0. The fourth-order valence-corrected chi connectivity index (χ4v) is 0.615. The maximum atomic E-state index is 3.44. The second-order valence-electron chi connectivity index (χ2n) is 1.81. The van der Waals surface area contributed by atoms with E-state index >= 15 is 0 Å². The van der Waals surface area contributed by atoms with E-state index in [4.69, 9.17) is 0 Å². The molecule has 0 aromatic heterocycles. The van der Waals surface area contributed by atoms with Gasteiger partial charge < -0.3 is 0 Å². The van der Waals surface area contributed by atoms with Crippen LogP contribution in [0.25, 0.3) is 0 Å². The summed E-state index contributed by atoms with van der Waals surface area (Å²) in [5, 5.41) is 0. The molecule has 0 atom stereocenters. The maximum Gasteiger partial charge on any atom is 0.0601 e. The molecule has 0 amide bonds. The summed E-state index contributed by atoms with van der Waals surface area (Å²) in [5.74, 6) is 5.54. The lowest BCUT2D eigenvalue weighted by molar-refractivity contribution is 0.342. The topological polar surface area (TPSA) is 3.24 Å². The molecule has 0 unspecified atom stereocenters. The summed E-state index contributed by atoms with van der Waals surface area (Å²) in [6.45, 7) is 10.7.